The number of benzene rings is 2. The Morgan fingerprint density at radius 2 is 1.54 bits per heavy atom. The standard InChI is InChI=1S/C18H17FO5/c1-2-22-16-9-5-6-10-17(16)23-12-18(21)24-11-15(20)13-7-3-4-8-14(13)19/h3-10H,2,11-12H2,1H3. The molecule has 0 N–H and O–H groups in total. The molecule has 0 atom stereocenters. The molecule has 6 heteroatoms. The lowest BCUT2D eigenvalue weighted by atomic mass is 10.1. The first-order chi connectivity index (χ1) is 11.6. The highest BCUT2D eigenvalue weighted by atomic mass is 19.1. The number of carbonyl (C=O) groups excluding carboxylic acids is 2. The van der Waals surface area contributed by atoms with E-state index in [9.17, 15) is 14.0 Å². The van der Waals surface area contributed by atoms with E-state index in [1.54, 1.807) is 24.3 Å². The highest BCUT2D eigenvalue weighted by Gasteiger charge is 2.14. The van der Waals surface area contributed by atoms with Crippen LogP contribution in [0.15, 0.2) is 48.5 Å². The van der Waals surface area contributed by atoms with Crippen molar-refractivity contribution in [3.8, 4) is 11.5 Å². The van der Waals surface area contributed by atoms with Crippen LogP contribution in [0.4, 0.5) is 4.39 Å². The molecule has 0 fully saturated rings. The number of ketones is 1. The molecule has 0 saturated heterocycles. The minimum absolute atomic E-state index is 0.118. The Kier molecular flexibility index (Phi) is 6.31. The molecular weight excluding hydrogens is 315 g/mol. The van der Waals surface area contributed by atoms with E-state index in [1.165, 1.54) is 24.3 Å². The van der Waals surface area contributed by atoms with E-state index in [0.29, 0.717) is 18.1 Å². The van der Waals surface area contributed by atoms with Gasteiger partial charge in [-0.05, 0) is 31.2 Å². The van der Waals surface area contributed by atoms with Gasteiger partial charge in [-0.3, -0.25) is 4.79 Å². The van der Waals surface area contributed by atoms with Crippen molar-refractivity contribution in [2.24, 2.45) is 0 Å². The molecule has 0 aliphatic rings. The number of para-hydroxylation sites is 2. The number of hydrogen-bond donors (Lipinski definition) is 0. The fourth-order valence-electron chi connectivity index (χ4n) is 1.93. The minimum Gasteiger partial charge on any atom is -0.490 e. The zero-order valence-electron chi connectivity index (χ0n) is 13.2. The Morgan fingerprint density at radius 3 is 2.21 bits per heavy atom. The maximum absolute atomic E-state index is 13.5. The van der Waals surface area contributed by atoms with E-state index in [0.717, 1.165) is 0 Å². The summed E-state index contributed by atoms with van der Waals surface area (Å²) in [6.45, 7) is 1.37. The third-order valence-electron chi connectivity index (χ3n) is 3.03. The van der Waals surface area contributed by atoms with Crippen molar-refractivity contribution in [2.75, 3.05) is 19.8 Å². The highest BCUT2D eigenvalue weighted by Crippen LogP contribution is 2.26. The van der Waals surface area contributed by atoms with Crippen LogP contribution in [-0.2, 0) is 9.53 Å². The predicted octanol–water partition coefficient (Wildman–Crippen LogP) is 3.03. The SMILES string of the molecule is CCOc1ccccc1OCC(=O)OCC(=O)c1ccccc1F. The van der Waals surface area contributed by atoms with Gasteiger partial charge in [0.25, 0.3) is 0 Å². The molecule has 0 radical (unpaired) electrons. The van der Waals surface area contributed by atoms with E-state index in [4.69, 9.17) is 14.2 Å². The average Bonchev–Trinajstić information content (AvgIpc) is 2.59. The smallest absolute Gasteiger partial charge is 0.344 e. The molecule has 0 amide bonds. The molecule has 24 heavy (non-hydrogen) atoms. The first kappa shape index (κ1) is 17.5. The molecule has 2 rings (SSSR count). The van der Waals surface area contributed by atoms with Gasteiger partial charge in [-0.25, -0.2) is 9.18 Å². The molecule has 0 bridgehead atoms. The quantitative estimate of drug-likeness (QED) is 0.549. The molecule has 0 aromatic heterocycles. The van der Waals surface area contributed by atoms with Crippen LogP contribution in [0.3, 0.4) is 0 Å². The maximum Gasteiger partial charge on any atom is 0.344 e. The highest BCUT2D eigenvalue weighted by molar-refractivity contribution is 5.98. The first-order valence-electron chi connectivity index (χ1n) is 7.39. The van der Waals surface area contributed by atoms with Crippen LogP contribution < -0.4 is 9.47 Å². The Labute approximate surface area is 139 Å². The molecule has 0 saturated carbocycles. The summed E-state index contributed by atoms with van der Waals surface area (Å²) in [6, 6.07) is 12.4. The van der Waals surface area contributed by atoms with Crippen molar-refractivity contribution in [1.29, 1.82) is 0 Å². The molecule has 5 nitrogen and oxygen atoms in total. The number of Topliss-reactive ketones (excluding diaryl/α,β-unsaturated/α-hetero) is 1. The van der Waals surface area contributed by atoms with Crippen LogP contribution in [0, 0.1) is 5.82 Å². The van der Waals surface area contributed by atoms with Crippen LogP contribution in [0.5, 0.6) is 11.5 Å². The number of ether oxygens (including phenoxy) is 3. The molecule has 126 valence electrons. The normalized spacial score (nSPS) is 10.1. The third-order valence-corrected chi connectivity index (χ3v) is 3.03. The summed E-state index contributed by atoms with van der Waals surface area (Å²) in [4.78, 5) is 23.5. The predicted molar refractivity (Wildman–Crippen MR) is 84.8 cm³/mol. The Morgan fingerprint density at radius 1 is 0.917 bits per heavy atom. The molecule has 2 aromatic carbocycles. The van der Waals surface area contributed by atoms with Gasteiger partial charge in [0.15, 0.2) is 24.7 Å². The minimum atomic E-state index is -0.731. The average molecular weight is 332 g/mol. The van der Waals surface area contributed by atoms with Crippen molar-refractivity contribution in [3.63, 3.8) is 0 Å². The van der Waals surface area contributed by atoms with Gasteiger partial charge >= 0.3 is 5.97 Å². The molecule has 0 aliphatic carbocycles. The summed E-state index contributed by atoms with van der Waals surface area (Å²) in [6.07, 6.45) is 0. The monoisotopic (exact) mass is 332 g/mol. The zero-order valence-corrected chi connectivity index (χ0v) is 13.2. The van der Waals surface area contributed by atoms with Crippen LogP contribution >= 0.6 is 0 Å². The second-order valence-corrected chi connectivity index (χ2v) is 4.73. The summed E-state index contributed by atoms with van der Waals surface area (Å²) in [5.41, 5.74) is -0.118. The topological polar surface area (TPSA) is 61.8 Å². The fraction of sp³-hybridized carbons (Fsp3) is 0.222. The first-order valence-corrected chi connectivity index (χ1v) is 7.39. The summed E-state index contributed by atoms with van der Waals surface area (Å²) in [5, 5.41) is 0. The Bertz CT molecular complexity index is 714. The van der Waals surface area contributed by atoms with Crippen LogP contribution in [0.25, 0.3) is 0 Å². The lowest BCUT2D eigenvalue weighted by molar-refractivity contribution is -0.144. The van der Waals surface area contributed by atoms with Crippen LogP contribution in [0.1, 0.15) is 17.3 Å². The number of carbonyl (C=O) groups is 2. The molecule has 2 aromatic rings. The number of halogens is 1. The van der Waals surface area contributed by atoms with Gasteiger partial charge < -0.3 is 14.2 Å². The van der Waals surface area contributed by atoms with Crippen molar-refractivity contribution in [1.82, 2.24) is 0 Å². The second-order valence-electron chi connectivity index (χ2n) is 4.73. The van der Waals surface area contributed by atoms with Crippen molar-refractivity contribution < 1.29 is 28.2 Å². The Hall–Kier alpha value is -2.89. The van der Waals surface area contributed by atoms with Crippen molar-refractivity contribution >= 4 is 11.8 Å². The number of rotatable bonds is 8. The lowest BCUT2D eigenvalue weighted by Crippen LogP contribution is -2.20. The van der Waals surface area contributed by atoms with Gasteiger partial charge in [-0.15, -0.1) is 0 Å². The summed E-state index contributed by atoms with van der Waals surface area (Å²) >= 11 is 0. The summed E-state index contributed by atoms with van der Waals surface area (Å²) in [5.74, 6) is -1.09. The van der Waals surface area contributed by atoms with Gasteiger partial charge in [-0.1, -0.05) is 24.3 Å². The molecule has 0 aliphatic heterocycles. The molecule has 0 spiro atoms. The largest absolute Gasteiger partial charge is 0.490 e. The van der Waals surface area contributed by atoms with Gasteiger partial charge in [0.2, 0.25) is 5.78 Å². The molecular formula is C18H17FO5. The lowest BCUT2D eigenvalue weighted by Gasteiger charge is -2.11. The molecule has 0 heterocycles. The van der Waals surface area contributed by atoms with Crippen LogP contribution in [0.2, 0.25) is 0 Å². The van der Waals surface area contributed by atoms with E-state index in [2.05, 4.69) is 0 Å². The number of esters is 1. The molecule has 0 unspecified atom stereocenters. The Balaban J connectivity index is 1.84. The van der Waals surface area contributed by atoms with Gasteiger partial charge in [-0.2, -0.15) is 0 Å². The van der Waals surface area contributed by atoms with E-state index in [1.807, 2.05) is 6.92 Å². The van der Waals surface area contributed by atoms with E-state index >= 15 is 0 Å². The maximum atomic E-state index is 13.5. The zero-order chi connectivity index (χ0) is 17.4. The van der Waals surface area contributed by atoms with Gasteiger partial charge in [0, 0.05) is 0 Å². The van der Waals surface area contributed by atoms with Crippen LogP contribution in [-0.4, -0.2) is 31.6 Å². The van der Waals surface area contributed by atoms with E-state index < -0.39 is 24.2 Å². The fourth-order valence-corrected chi connectivity index (χ4v) is 1.93. The summed E-state index contributed by atoms with van der Waals surface area (Å²) < 4.78 is 29.0. The van der Waals surface area contributed by atoms with Crippen molar-refractivity contribution in [2.45, 2.75) is 6.92 Å². The van der Waals surface area contributed by atoms with Crippen molar-refractivity contribution in [3.05, 3.63) is 59.9 Å². The van der Waals surface area contributed by atoms with Gasteiger partial charge in [0.05, 0.1) is 12.2 Å². The number of hydrogen-bond acceptors (Lipinski definition) is 5. The van der Waals surface area contributed by atoms with Gasteiger partial charge in [0.1, 0.15) is 5.82 Å². The summed E-state index contributed by atoms with van der Waals surface area (Å²) in [7, 11) is 0. The van der Waals surface area contributed by atoms with E-state index in [-0.39, 0.29) is 12.2 Å². The third kappa shape index (κ3) is 4.81. The second kappa shape index (κ2) is 8.67.